The summed E-state index contributed by atoms with van der Waals surface area (Å²) in [5.74, 6) is -2.26. The first-order valence-corrected chi connectivity index (χ1v) is 9.89. The van der Waals surface area contributed by atoms with Gasteiger partial charge in [0, 0.05) is 13.2 Å². The van der Waals surface area contributed by atoms with Crippen molar-refractivity contribution >= 4 is 17.8 Å². The molecule has 12 heteroatoms. The third-order valence-corrected chi connectivity index (χ3v) is 5.46. The Morgan fingerprint density at radius 2 is 1.82 bits per heavy atom. The Balaban J connectivity index is 1.65. The summed E-state index contributed by atoms with van der Waals surface area (Å²) in [4.78, 5) is 37.5. The zero-order valence-electron chi connectivity index (χ0n) is 17.5. The second-order valence-electron chi connectivity index (χ2n) is 7.60. The molecule has 1 aromatic heterocycles. The topological polar surface area (TPSA) is 105 Å². The number of aryl methyl sites for hydroxylation is 1. The summed E-state index contributed by atoms with van der Waals surface area (Å²) in [6.45, 7) is -0.397. The quantitative estimate of drug-likeness (QED) is 0.390. The van der Waals surface area contributed by atoms with Gasteiger partial charge in [-0.25, -0.2) is 9.18 Å². The van der Waals surface area contributed by atoms with Crippen molar-refractivity contribution in [3.8, 4) is 11.1 Å². The van der Waals surface area contributed by atoms with Gasteiger partial charge in [-0.05, 0) is 41.5 Å². The van der Waals surface area contributed by atoms with Gasteiger partial charge in [0.15, 0.2) is 5.54 Å². The van der Waals surface area contributed by atoms with E-state index in [-0.39, 0.29) is 16.7 Å². The molecule has 0 saturated carbocycles. The molecule has 0 spiro atoms. The van der Waals surface area contributed by atoms with Gasteiger partial charge in [0.1, 0.15) is 5.82 Å². The number of carbonyl (C=O) groups is 3. The van der Waals surface area contributed by atoms with E-state index in [4.69, 9.17) is 0 Å². The number of nitrogens with zero attached hydrogens (tertiary/aromatic N) is 2. The molecule has 2 aromatic carbocycles. The molecular weight excluding hydrogens is 458 g/mol. The summed E-state index contributed by atoms with van der Waals surface area (Å²) in [6, 6.07) is 8.07. The summed E-state index contributed by atoms with van der Waals surface area (Å²) in [6.07, 6.45) is -3.13. The van der Waals surface area contributed by atoms with Crippen LogP contribution in [0.1, 0.15) is 21.6 Å². The minimum absolute atomic E-state index is 0.162. The van der Waals surface area contributed by atoms with E-state index in [0.29, 0.717) is 5.69 Å². The molecule has 0 radical (unpaired) electrons. The Kier molecular flexibility index (Phi) is 5.59. The molecule has 34 heavy (non-hydrogen) atoms. The van der Waals surface area contributed by atoms with Gasteiger partial charge in [-0.1, -0.05) is 18.2 Å². The monoisotopic (exact) mass is 475 g/mol. The van der Waals surface area contributed by atoms with E-state index in [0.717, 1.165) is 24.3 Å². The lowest BCUT2D eigenvalue weighted by molar-refractivity contribution is -0.137. The Morgan fingerprint density at radius 1 is 1.12 bits per heavy atom. The van der Waals surface area contributed by atoms with Crippen molar-refractivity contribution in [3.05, 3.63) is 77.4 Å². The molecule has 3 N–H and O–H groups in total. The number of imide groups is 1. The van der Waals surface area contributed by atoms with Gasteiger partial charge >= 0.3 is 12.2 Å². The van der Waals surface area contributed by atoms with Gasteiger partial charge in [-0.3, -0.25) is 19.6 Å². The van der Waals surface area contributed by atoms with Gasteiger partial charge in [0.05, 0.1) is 23.4 Å². The van der Waals surface area contributed by atoms with Crippen molar-refractivity contribution in [1.82, 2.24) is 25.7 Å². The van der Waals surface area contributed by atoms with Gasteiger partial charge in [0.2, 0.25) is 0 Å². The number of hydrogen-bond acceptors (Lipinski definition) is 4. The predicted molar refractivity (Wildman–Crippen MR) is 111 cm³/mol. The predicted octanol–water partition coefficient (Wildman–Crippen LogP) is 2.71. The van der Waals surface area contributed by atoms with Crippen molar-refractivity contribution in [3.63, 3.8) is 0 Å². The molecule has 1 fully saturated rings. The van der Waals surface area contributed by atoms with E-state index in [2.05, 4.69) is 21.0 Å². The van der Waals surface area contributed by atoms with E-state index in [9.17, 15) is 31.9 Å². The first-order valence-electron chi connectivity index (χ1n) is 9.89. The molecule has 2 heterocycles. The van der Waals surface area contributed by atoms with Crippen molar-refractivity contribution in [1.29, 1.82) is 0 Å². The van der Waals surface area contributed by atoms with Crippen LogP contribution in [0, 0.1) is 5.82 Å². The van der Waals surface area contributed by atoms with Crippen LogP contribution in [0.3, 0.4) is 0 Å². The number of benzene rings is 2. The van der Waals surface area contributed by atoms with Crippen LogP contribution < -0.4 is 16.0 Å². The lowest BCUT2D eigenvalue weighted by Crippen LogP contribution is -2.53. The number of amides is 4. The van der Waals surface area contributed by atoms with Crippen molar-refractivity contribution in [2.75, 3.05) is 6.54 Å². The van der Waals surface area contributed by atoms with Crippen molar-refractivity contribution < 1.29 is 31.9 Å². The van der Waals surface area contributed by atoms with Gasteiger partial charge in [-0.15, -0.1) is 0 Å². The number of halogens is 4. The van der Waals surface area contributed by atoms with Gasteiger partial charge in [0.25, 0.3) is 11.8 Å². The average Bonchev–Trinajstić information content (AvgIpc) is 3.34. The van der Waals surface area contributed by atoms with Crippen molar-refractivity contribution in [2.45, 2.75) is 11.7 Å². The summed E-state index contributed by atoms with van der Waals surface area (Å²) in [5.41, 5.74) is -1.97. The van der Waals surface area contributed by atoms with Crippen LogP contribution in [-0.4, -0.2) is 34.2 Å². The number of carbonyl (C=O) groups excluding carboxylic acids is 3. The second kappa shape index (κ2) is 8.28. The smallest absolute Gasteiger partial charge is 0.349 e. The maximum atomic E-state index is 14.0. The minimum atomic E-state index is -4.53. The minimum Gasteiger partial charge on any atom is -0.349 e. The molecule has 4 amide bonds. The molecule has 1 unspecified atom stereocenters. The van der Waals surface area contributed by atoms with Gasteiger partial charge in [-0.2, -0.15) is 18.3 Å². The van der Waals surface area contributed by atoms with Crippen LogP contribution in [0.15, 0.2) is 54.7 Å². The molecule has 1 aliphatic rings. The van der Waals surface area contributed by atoms with E-state index in [1.807, 2.05) is 0 Å². The molecule has 1 saturated heterocycles. The summed E-state index contributed by atoms with van der Waals surface area (Å²) in [5, 5.41) is 11.1. The second-order valence-corrected chi connectivity index (χ2v) is 7.60. The normalized spacial score (nSPS) is 17.9. The van der Waals surface area contributed by atoms with Crippen LogP contribution >= 0.6 is 0 Å². The first kappa shape index (κ1) is 23.0. The highest BCUT2D eigenvalue weighted by Gasteiger charge is 2.50. The van der Waals surface area contributed by atoms with Crippen molar-refractivity contribution in [2.24, 2.45) is 7.05 Å². The average molecular weight is 475 g/mol. The molecule has 1 aliphatic heterocycles. The molecule has 0 aliphatic carbocycles. The van der Waals surface area contributed by atoms with E-state index >= 15 is 0 Å². The fourth-order valence-corrected chi connectivity index (χ4v) is 3.78. The Morgan fingerprint density at radius 3 is 2.38 bits per heavy atom. The Hall–Kier alpha value is -4.22. The van der Waals surface area contributed by atoms with Crippen LogP contribution in [0.2, 0.25) is 0 Å². The number of aromatic nitrogens is 2. The van der Waals surface area contributed by atoms with E-state index < -0.39 is 47.5 Å². The number of hydrogen-bond donors (Lipinski definition) is 3. The summed E-state index contributed by atoms with van der Waals surface area (Å²) >= 11 is 0. The maximum Gasteiger partial charge on any atom is 0.416 e. The standard InChI is InChI=1S/C22H17F4N5O3/c1-31-17(8-9-28-31)21(19(33)29-20(34)30-21)11-27-18(32)16-10-14(23)6-7-15(16)12-2-4-13(5-3-12)22(24,25)26/h2-10H,11H2,1H3,(H,27,32)(H2,29,30,33,34). The highest BCUT2D eigenvalue weighted by Crippen LogP contribution is 2.32. The van der Waals surface area contributed by atoms with Gasteiger partial charge < -0.3 is 10.6 Å². The summed E-state index contributed by atoms with van der Waals surface area (Å²) in [7, 11) is 1.55. The third-order valence-electron chi connectivity index (χ3n) is 5.46. The molecule has 0 bridgehead atoms. The fraction of sp³-hybridized carbons (Fsp3) is 0.182. The van der Waals surface area contributed by atoms with Crippen LogP contribution in [0.5, 0.6) is 0 Å². The van der Waals surface area contributed by atoms with Crippen LogP contribution in [-0.2, 0) is 23.6 Å². The zero-order chi connectivity index (χ0) is 24.7. The number of alkyl halides is 3. The van der Waals surface area contributed by atoms with E-state index in [1.165, 1.54) is 35.1 Å². The molecule has 4 rings (SSSR count). The first-order chi connectivity index (χ1) is 16.0. The zero-order valence-corrected chi connectivity index (χ0v) is 17.5. The number of rotatable bonds is 5. The number of urea groups is 1. The lowest BCUT2D eigenvalue weighted by Gasteiger charge is -2.26. The lowest BCUT2D eigenvalue weighted by atomic mass is 9.94. The molecular formula is C22H17F4N5O3. The van der Waals surface area contributed by atoms with Crippen LogP contribution in [0.25, 0.3) is 11.1 Å². The highest BCUT2D eigenvalue weighted by atomic mass is 19.4. The number of nitrogens with one attached hydrogen (secondary N) is 3. The summed E-state index contributed by atoms with van der Waals surface area (Å²) < 4.78 is 54.0. The maximum absolute atomic E-state index is 14.0. The highest BCUT2D eigenvalue weighted by molar-refractivity contribution is 6.08. The fourth-order valence-electron chi connectivity index (χ4n) is 3.78. The Bertz CT molecular complexity index is 1290. The third kappa shape index (κ3) is 4.09. The van der Waals surface area contributed by atoms with E-state index in [1.54, 1.807) is 7.05 Å². The SMILES string of the molecule is Cn1nccc1C1(CNC(=O)c2cc(F)ccc2-c2ccc(C(F)(F)F)cc2)NC(=O)NC1=O. The largest absolute Gasteiger partial charge is 0.416 e. The molecule has 176 valence electrons. The molecule has 1 atom stereocenters. The Labute approximate surface area is 189 Å². The molecule has 8 nitrogen and oxygen atoms in total. The van der Waals surface area contributed by atoms with Crippen LogP contribution in [0.4, 0.5) is 22.4 Å². The molecule has 3 aromatic rings.